The van der Waals surface area contributed by atoms with E-state index in [1.54, 1.807) is 6.92 Å². The Bertz CT molecular complexity index is 335. The minimum absolute atomic E-state index is 0.0915. The van der Waals surface area contributed by atoms with Gasteiger partial charge < -0.3 is 21.5 Å². The zero-order chi connectivity index (χ0) is 11.4. The highest BCUT2D eigenvalue weighted by atomic mass is 16.8. The van der Waals surface area contributed by atoms with E-state index in [1.165, 1.54) is 24.3 Å². The van der Waals surface area contributed by atoms with E-state index < -0.39 is 6.04 Å². The number of hydrogen-bond donors (Lipinski definition) is 3. The predicted molar refractivity (Wildman–Crippen MR) is 56.4 cm³/mol. The van der Waals surface area contributed by atoms with E-state index in [2.05, 4.69) is 5.32 Å². The lowest BCUT2D eigenvalue weighted by atomic mass is 10.2. The van der Waals surface area contributed by atoms with Crippen LogP contribution in [0.3, 0.4) is 0 Å². The van der Waals surface area contributed by atoms with Crippen LogP contribution in [0.4, 0.5) is 11.4 Å². The van der Waals surface area contributed by atoms with Gasteiger partial charge in [0.05, 0.1) is 11.7 Å². The van der Waals surface area contributed by atoms with Gasteiger partial charge in [0, 0.05) is 5.69 Å². The molecule has 0 radical (unpaired) electrons. The molecule has 0 spiro atoms. The van der Waals surface area contributed by atoms with Crippen LogP contribution in [-0.4, -0.2) is 17.2 Å². The first-order valence-corrected chi connectivity index (χ1v) is 4.33. The van der Waals surface area contributed by atoms with Crippen molar-refractivity contribution in [2.45, 2.75) is 13.0 Å². The van der Waals surface area contributed by atoms with Gasteiger partial charge >= 0.3 is 0 Å². The molecule has 82 valence electrons. The summed E-state index contributed by atoms with van der Waals surface area (Å²) >= 11 is 0. The molecular formula is C9H12N3O3-. The summed E-state index contributed by atoms with van der Waals surface area (Å²) in [6.45, 7) is 1.57. The molecule has 4 N–H and O–H groups in total. The molecular weight excluding hydrogens is 198 g/mol. The third kappa shape index (κ3) is 3.21. The van der Waals surface area contributed by atoms with Gasteiger partial charge in [0.2, 0.25) is 5.91 Å². The Morgan fingerprint density at radius 1 is 1.53 bits per heavy atom. The Morgan fingerprint density at radius 2 is 2.07 bits per heavy atom. The number of benzene rings is 1. The number of carbonyl (C=O) groups is 1. The zero-order valence-electron chi connectivity index (χ0n) is 8.18. The molecule has 6 nitrogen and oxygen atoms in total. The quantitative estimate of drug-likeness (QED) is 0.636. The van der Waals surface area contributed by atoms with Crippen molar-refractivity contribution in [3.05, 3.63) is 29.5 Å². The van der Waals surface area contributed by atoms with Gasteiger partial charge in [0.25, 0.3) is 0 Å². The largest absolute Gasteiger partial charge is 0.733 e. The Labute approximate surface area is 86.8 Å². The first-order valence-electron chi connectivity index (χ1n) is 4.33. The molecule has 1 amide bonds. The summed E-state index contributed by atoms with van der Waals surface area (Å²) < 4.78 is 0. The highest BCUT2D eigenvalue weighted by Gasteiger charge is 2.06. The molecule has 1 unspecified atom stereocenters. The third-order valence-corrected chi connectivity index (χ3v) is 1.77. The molecule has 0 aromatic heterocycles. The van der Waals surface area contributed by atoms with E-state index >= 15 is 0 Å². The molecule has 1 rings (SSSR count). The molecule has 1 atom stereocenters. The fourth-order valence-electron chi connectivity index (χ4n) is 0.928. The number of carbonyl (C=O) groups excluding carboxylic acids is 1. The number of nitrogens with zero attached hydrogens (tertiary/aromatic N) is 1. The van der Waals surface area contributed by atoms with Crippen molar-refractivity contribution < 1.29 is 10.0 Å². The summed E-state index contributed by atoms with van der Waals surface area (Å²) in [4.78, 5) is 11.2. The third-order valence-electron chi connectivity index (χ3n) is 1.77. The van der Waals surface area contributed by atoms with Gasteiger partial charge in [0.1, 0.15) is 0 Å². The highest BCUT2D eigenvalue weighted by Crippen LogP contribution is 2.15. The van der Waals surface area contributed by atoms with Gasteiger partial charge in [-0.15, -0.1) is 0 Å². The number of amides is 1. The van der Waals surface area contributed by atoms with Crippen LogP contribution >= 0.6 is 0 Å². The molecule has 0 saturated heterocycles. The van der Waals surface area contributed by atoms with Gasteiger partial charge in [-0.2, -0.15) is 0 Å². The van der Waals surface area contributed by atoms with Crippen LogP contribution in [0.5, 0.6) is 0 Å². The van der Waals surface area contributed by atoms with Crippen LogP contribution in [0.1, 0.15) is 6.92 Å². The lowest BCUT2D eigenvalue weighted by molar-refractivity contribution is -0.117. The van der Waals surface area contributed by atoms with E-state index in [-0.39, 0.29) is 16.8 Å². The average molecular weight is 210 g/mol. The Hall–Kier alpha value is -1.63. The maximum absolute atomic E-state index is 11.2. The normalized spacial score (nSPS) is 12.0. The van der Waals surface area contributed by atoms with E-state index in [0.717, 1.165) is 0 Å². The molecule has 15 heavy (non-hydrogen) atoms. The van der Waals surface area contributed by atoms with Crippen LogP contribution < -0.4 is 16.3 Å². The smallest absolute Gasteiger partial charge is 0.240 e. The lowest BCUT2D eigenvalue weighted by Gasteiger charge is -2.21. The highest BCUT2D eigenvalue weighted by molar-refractivity contribution is 5.94. The summed E-state index contributed by atoms with van der Waals surface area (Å²) in [5.41, 5.74) is 5.96. The number of hydrogen-bond acceptors (Lipinski definition) is 5. The minimum atomic E-state index is -0.599. The summed E-state index contributed by atoms with van der Waals surface area (Å²) in [5, 5.41) is 21.3. The van der Waals surface area contributed by atoms with Crippen LogP contribution in [0.25, 0.3) is 0 Å². The Balaban J connectivity index is 2.69. The molecule has 1 aromatic rings. The van der Waals surface area contributed by atoms with Gasteiger partial charge in [-0.3, -0.25) is 10.0 Å². The lowest BCUT2D eigenvalue weighted by Crippen LogP contribution is -2.32. The SMILES string of the molecule is CC(N)C(=O)Nc1ccc(N([O-])O)cc1. The van der Waals surface area contributed by atoms with E-state index in [9.17, 15) is 10.0 Å². The Kier molecular flexibility index (Phi) is 3.62. The van der Waals surface area contributed by atoms with Crippen LogP contribution in [0.2, 0.25) is 0 Å². The van der Waals surface area contributed by atoms with Gasteiger partial charge in [-0.1, -0.05) is 0 Å². The van der Waals surface area contributed by atoms with Crippen molar-refractivity contribution in [1.29, 1.82) is 0 Å². The first kappa shape index (κ1) is 11.4. The summed E-state index contributed by atoms with van der Waals surface area (Å²) in [5.74, 6) is -0.314. The fourth-order valence-corrected chi connectivity index (χ4v) is 0.928. The van der Waals surface area contributed by atoms with E-state index in [0.29, 0.717) is 5.69 Å². The summed E-state index contributed by atoms with van der Waals surface area (Å²) in [6.07, 6.45) is 0. The molecule has 0 aliphatic carbocycles. The molecule has 0 heterocycles. The molecule has 0 bridgehead atoms. The van der Waals surface area contributed by atoms with Gasteiger partial charge in [0.15, 0.2) is 0 Å². The second kappa shape index (κ2) is 4.74. The number of rotatable bonds is 3. The Morgan fingerprint density at radius 3 is 2.47 bits per heavy atom. The number of nitrogens with two attached hydrogens (primary N) is 1. The van der Waals surface area contributed by atoms with Crippen molar-refractivity contribution >= 4 is 17.3 Å². The standard InChI is InChI=1S/C9H12N3O3/c1-6(10)9(13)11-7-2-4-8(5-3-7)12(14)15/h2-6,14H,10H2,1H3,(H,11,13)/q-1. The molecule has 0 aliphatic rings. The summed E-state index contributed by atoms with van der Waals surface area (Å²) in [7, 11) is 0. The maximum atomic E-state index is 11.2. The van der Waals surface area contributed by atoms with E-state index in [1.807, 2.05) is 0 Å². The topological polar surface area (TPSA) is 102 Å². The average Bonchev–Trinajstić information content (AvgIpc) is 2.18. The zero-order valence-corrected chi connectivity index (χ0v) is 8.18. The van der Waals surface area contributed by atoms with Gasteiger partial charge in [-0.05, 0) is 31.2 Å². The predicted octanol–water partition coefficient (Wildman–Crippen LogP) is 0.666. The molecule has 6 heteroatoms. The number of nitrogens with one attached hydrogen (secondary N) is 1. The molecule has 1 aromatic carbocycles. The summed E-state index contributed by atoms with van der Waals surface area (Å²) in [6, 6.07) is 5.15. The van der Waals surface area contributed by atoms with Crippen molar-refractivity contribution in [2.24, 2.45) is 5.73 Å². The van der Waals surface area contributed by atoms with Crippen molar-refractivity contribution in [3.8, 4) is 0 Å². The van der Waals surface area contributed by atoms with Crippen LogP contribution in [0.15, 0.2) is 24.3 Å². The second-order valence-electron chi connectivity index (χ2n) is 3.10. The maximum Gasteiger partial charge on any atom is 0.240 e. The van der Waals surface area contributed by atoms with Gasteiger partial charge in [-0.25, -0.2) is 0 Å². The van der Waals surface area contributed by atoms with Crippen LogP contribution in [0, 0.1) is 5.21 Å². The monoisotopic (exact) mass is 210 g/mol. The van der Waals surface area contributed by atoms with Crippen LogP contribution in [-0.2, 0) is 4.79 Å². The molecule has 0 saturated carbocycles. The van der Waals surface area contributed by atoms with Crippen molar-refractivity contribution in [3.63, 3.8) is 0 Å². The first-order chi connectivity index (χ1) is 7.00. The molecule has 0 aliphatic heterocycles. The van der Waals surface area contributed by atoms with Crippen molar-refractivity contribution in [2.75, 3.05) is 10.5 Å². The second-order valence-corrected chi connectivity index (χ2v) is 3.10. The number of anilines is 2. The van der Waals surface area contributed by atoms with E-state index in [4.69, 9.17) is 10.9 Å². The fraction of sp³-hybridized carbons (Fsp3) is 0.222. The van der Waals surface area contributed by atoms with Crippen molar-refractivity contribution in [1.82, 2.24) is 0 Å². The minimum Gasteiger partial charge on any atom is -0.733 e. The molecule has 0 fully saturated rings.